The van der Waals surface area contributed by atoms with Gasteiger partial charge in [-0.2, -0.15) is 0 Å². The number of methoxy groups -OCH3 is 1. The Balaban J connectivity index is 1.81. The molecule has 2 aliphatic rings. The Hall–Kier alpha value is -1.56. The van der Waals surface area contributed by atoms with Crippen LogP contribution >= 0.6 is 15.9 Å². The van der Waals surface area contributed by atoms with E-state index >= 15 is 0 Å². The summed E-state index contributed by atoms with van der Waals surface area (Å²) in [7, 11) is 1.60. The van der Waals surface area contributed by atoms with Gasteiger partial charge in [0.15, 0.2) is 0 Å². The average molecular weight is 353 g/mol. The van der Waals surface area contributed by atoms with Gasteiger partial charge in [0.2, 0.25) is 11.8 Å². The minimum absolute atomic E-state index is 0.0131. The molecule has 112 valence electrons. The van der Waals surface area contributed by atoms with Gasteiger partial charge in [0, 0.05) is 16.6 Å². The number of halogens is 1. The minimum atomic E-state index is -0.343. The Morgan fingerprint density at radius 3 is 2.81 bits per heavy atom. The SMILES string of the molecule is COc1ccc(Br)cc1CN1CC(=O)NC(C2CC2)C1=O. The van der Waals surface area contributed by atoms with E-state index in [4.69, 9.17) is 4.74 Å². The molecule has 1 aliphatic heterocycles. The van der Waals surface area contributed by atoms with E-state index in [1.165, 1.54) is 0 Å². The lowest BCUT2D eigenvalue weighted by atomic mass is 10.1. The molecule has 0 radical (unpaired) electrons. The second kappa shape index (κ2) is 5.67. The van der Waals surface area contributed by atoms with Crippen molar-refractivity contribution in [3.8, 4) is 5.75 Å². The smallest absolute Gasteiger partial charge is 0.246 e. The zero-order valence-electron chi connectivity index (χ0n) is 11.8. The summed E-state index contributed by atoms with van der Waals surface area (Å²) in [6.45, 7) is 0.496. The van der Waals surface area contributed by atoms with E-state index in [2.05, 4.69) is 21.2 Å². The predicted octanol–water partition coefficient (Wildman–Crippen LogP) is 1.69. The number of amides is 2. The number of hydrogen-bond acceptors (Lipinski definition) is 3. The lowest BCUT2D eigenvalue weighted by Gasteiger charge is -2.33. The van der Waals surface area contributed by atoms with E-state index in [1.54, 1.807) is 12.0 Å². The fraction of sp³-hybridized carbons (Fsp3) is 0.467. The van der Waals surface area contributed by atoms with Gasteiger partial charge in [0.25, 0.3) is 0 Å². The van der Waals surface area contributed by atoms with Gasteiger partial charge in [-0.25, -0.2) is 0 Å². The van der Waals surface area contributed by atoms with Gasteiger partial charge in [0.05, 0.1) is 13.7 Å². The molecule has 1 aromatic carbocycles. The van der Waals surface area contributed by atoms with E-state index in [9.17, 15) is 9.59 Å². The number of rotatable bonds is 4. The van der Waals surface area contributed by atoms with Crippen LogP contribution in [0.15, 0.2) is 22.7 Å². The van der Waals surface area contributed by atoms with Crippen molar-refractivity contribution in [3.63, 3.8) is 0 Å². The van der Waals surface area contributed by atoms with Crippen LogP contribution in [0.4, 0.5) is 0 Å². The molecule has 1 N–H and O–H groups in total. The lowest BCUT2D eigenvalue weighted by Crippen LogP contribution is -2.58. The average Bonchev–Trinajstić information content (AvgIpc) is 3.27. The second-order valence-corrected chi connectivity index (χ2v) is 6.45. The molecule has 2 fully saturated rings. The number of carbonyl (C=O) groups is 2. The van der Waals surface area contributed by atoms with Crippen LogP contribution in [-0.4, -0.2) is 36.4 Å². The van der Waals surface area contributed by atoms with Gasteiger partial charge in [-0.1, -0.05) is 15.9 Å². The minimum Gasteiger partial charge on any atom is -0.496 e. The summed E-state index contributed by atoms with van der Waals surface area (Å²) in [4.78, 5) is 25.9. The Kier molecular flexibility index (Phi) is 3.89. The molecule has 1 atom stereocenters. The highest BCUT2D eigenvalue weighted by Gasteiger charge is 2.42. The zero-order chi connectivity index (χ0) is 15.0. The van der Waals surface area contributed by atoms with Crippen molar-refractivity contribution in [3.05, 3.63) is 28.2 Å². The van der Waals surface area contributed by atoms with Crippen molar-refractivity contribution in [2.24, 2.45) is 5.92 Å². The third kappa shape index (κ3) is 3.05. The first kappa shape index (κ1) is 14.4. The molecule has 0 aromatic heterocycles. The molecular weight excluding hydrogens is 336 g/mol. The van der Waals surface area contributed by atoms with E-state index in [0.29, 0.717) is 12.5 Å². The molecule has 0 spiro atoms. The Morgan fingerprint density at radius 1 is 1.38 bits per heavy atom. The van der Waals surface area contributed by atoms with Crippen LogP contribution in [0.25, 0.3) is 0 Å². The Morgan fingerprint density at radius 2 is 2.14 bits per heavy atom. The first-order valence-corrected chi connectivity index (χ1v) is 7.78. The number of nitrogens with zero attached hydrogens (tertiary/aromatic N) is 1. The summed E-state index contributed by atoms with van der Waals surface area (Å²) < 4.78 is 6.25. The standard InChI is InChI=1S/C15H17BrN2O3/c1-21-12-5-4-11(16)6-10(12)7-18-8-13(19)17-14(15(18)20)9-2-3-9/h4-6,9,14H,2-3,7-8H2,1H3,(H,17,19). The van der Waals surface area contributed by atoms with Crippen molar-refractivity contribution in [1.29, 1.82) is 0 Å². The molecule has 1 saturated carbocycles. The maximum absolute atomic E-state index is 12.5. The number of piperazine rings is 1. The number of carbonyl (C=O) groups excluding carboxylic acids is 2. The summed E-state index contributed by atoms with van der Waals surface area (Å²) in [5.41, 5.74) is 0.893. The molecule has 5 nitrogen and oxygen atoms in total. The summed E-state index contributed by atoms with van der Waals surface area (Å²) in [5.74, 6) is 0.966. The maximum Gasteiger partial charge on any atom is 0.246 e. The largest absolute Gasteiger partial charge is 0.496 e. The van der Waals surface area contributed by atoms with Crippen molar-refractivity contribution in [1.82, 2.24) is 10.2 Å². The van der Waals surface area contributed by atoms with E-state index < -0.39 is 0 Å². The van der Waals surface area contributed by atoms with Crippen LogP contribution in [0.5, 0.6) is 5.75 Å². The summed E-state index contributed by atoms with van der Waals surface area (Å²) in [5, 5.41) is 2.81. The van der Waals surface area contributed by atoms with Crippen molar-refractivity contribution >= 4 is 27.7 Å². The van der Waals surface area contributed by atoms with Gasteiger partial charge in [-0.05, 0) is 37.0 Å². The highest BCUT2D eigenvalue weighted by atomic mass is 79.9. The van der Waals surface area contributed by atoms with Crippen LogP contribution in [0, 0.1) is 5.92 Å². The number of nitrogens with one attached hydrogen (secondary N) is 1. The van der Waals surface area contributed by atoms with E-state index in [0.717, 1.165) is 28.6 Å². The molecule has 3 rings (SSSR count). The molecule has 1 aromatic rings. The molecular formula is C15H17BrN2O3. The molecule has 1 aliphatic carbocycles. The number of benzene rings is 1. The fourth-order valence-corrected chi connectivity index (χ4v) is 3.10. The monoisotopic (exact) mass is 352 g/mol. The quantitative estimate of drug-likeness (QED) is 0.896. The topological polar surface area (TPSA) is 58.6 Å². The van der Waals surface area contributed by atoms with Crippen LogP contribution < -0.4 is 10.1 Å². The van der Waals surface area contributed by atoms with E-state index in [-0.39, 0.29) is 24.4 Å². The van der Waals surface area contributed by atoms with Crippen LogP contribution in [0.2, 0.25) is 0 Å². The molecule has 0 bridgehead atoms. The Bertz CT molecular complexity index is 586. The highest BCUT2D eigenvalue weighted by Crippen LogP contribution is 2.35. The first-order chi connectivity index (χ1) is 10.1. The normalized spacial score (nSPS) is 22.2. The summed E-state index contributed by atoms with van der Waals surface area (Å²) in [6, 6.07) is 5.32. The third-order valence-electron chi connectivity index (χ3n) is 3.93. The van der Waals surface area contributed by atoms with Gasteiger partial charge >= 0.3 is 0 Å². The van der Waals surface area contributed by atoms with Gasteiger partial charge in [-0.3, -0.25) is 9.59 Å². The highest BCUT2D eigenvalue weighted by molar-refractivity contribution is 9.10. The number of ether oxygens (including phenoxy) is 1. The maximum atomic E-state index is 12.5. The number of hydrogen-bond donors (Lipinski definition) is 1. The fourth-order valence-electron chi connectivity index (χ4n) is 2.69. The van der Waals surface area contributed by atoms with Gasteiger partial charge in [-0.15, -0.1) is 0 Å². The Labute approximate surface area is 131 Å². The second-order valence-electron chi connectivity index (χ2n) is 5.53. The lowest BCUT2D eigenvalue weighted by molar-refractivity contribution is -0.145. The van der Waals surface area contributed by atoms with Crippen LogP contribution in [0.3, 0.4) is 0 Å². The van der Waals surface area contributed by atoms with Crippen LogP contribution in [0.1, 0.15) is 18.4 Å². The molecule has 2 amide bonds. The molecule has 1 saturated heterocycles. The van der Waals surface area contributed by atoms with Crippen LogP contribution in [-0.2, 0) is 16.1 Å². The zero-order valence-corrected chi connectivity index (χ0v) is 13.4. The van der Waals surface area contributed by atoms with Crippen molar-refractivity contribution in [2.45, 2.75) is 25.4 Å². The first-order valence-electron chi connectivity index (χ1n) is 6.99. The van der Waals surface area contributed by atoms with Gasteiger partial charge < -0.3 is 15.0 Å². The molecule has 21 heavy (non-hydrogen) atoms. The predicted molar refractivity (Wildman–Crippen MR) is 80.8 cm³/mol. The molecule has 6 heteroatoms. The summed E-state index contributed by atoms with van der Waals surface area (Å²) >= 11 is 3.42. The van der Waals surface area contributed by atoms with E-state index in [1.807, 2.05) is 18.2 Å². The third-order valence-corrected chi connectivity index (χ3v) is 4.42. The van der Waals surface area contributed by atoms with Crippen molar-refractivity contribution in [2.75, 3.05) is 13.7 Å². The molecule has 1 heterocycles. The van der Waals surface area contributed by atoms with Gasteiger partial charge in [0.1, 0.15) is 11.8 Å². The summed E-state index contributed by atoms with van der Waals surface area (Å²) in [6.07, 6.45) is 2.04. The molecule has 1 unspecified atom stereocenters. The van der Waals surface area contributed by atoms with Crippen molar-refractivity contribution < 1.29 is 14.3 Å².